The van der Waals surface area contributed by atoms with Crippen molar-refractivity contribution in [2.45, 2.75) is 19.9 Å². The zero-order valence-corrected chi connectivity index (χ0v) is 9.59. The second kappa shape index (κ2) is 4.90. The smallest absolute Gasteiger partial charge is 0.0992 e. The molecule has 16 heavy (non-hydrogen) atoms. The second-order valence-electron chi connectivity index (χ2n) is 3.69. The molecule has 0 spiro atoms. The number of aromatic nitrogens is 3. The van der Waals surface area contributed by atoms with Crippen molar-refractivity contribution in [2.24, 2.45) is 0 Å². The fraction of sp³-hybridized carbons (Fsp3) is 0.333. The molecule has 2 rings (SSSR count). The van der Waals surface area contributed by atoms with E-state index in [0.29, 0.717) is 6.04 Å². The lowest BCUT2D eigenvalue weighted by atomic mass is 10.2. The highest BCUT2D eigenvalue weighted by atomic mass is 15.0. The van der Waals surface area contributed by atoms with Crippen LogP contribution in [0, 0.1) is 0 Å². The molecule has 0 aromatic carbocycles. The summed E-state index contributed by atoms with van der Waals surface area (Å²) in [4.78, 5) is 8.45. The number of imidazole rings is 1. The van der Waals surface area contributed by atoms with Gasteiger partial charge in [-0.25, -0.2) is 4.98 Å². The van der Waals surface area contributed by atoms with Crippen LogP contribution in [0.25, 0.3) is 5.69 Å². The van der Waals surface area contributed by atoms with Gasteiger partial charge in [-0.15, -0.1) is 0 Å². The van der Waals surface area contributed by atoms with Crippen molar-refractivity contribution < 1.29 is 0 Å². The first kappa shape index (κ1) is 10.8. The van der Waals surface area contributed by atoms with E-state index in [9.17, 15) is 0 Å². The van der Waals surface area contributed by atoms with Gasteiger partial charge < -0.3 is 9.88 Å². The molecule has 2 heterocycles. The Morgan fingerprint density at radius 2 is 2.31 bits per heavy atom. The van der Waals surface area contributed by atoms with Gasteiger partial charge in [-0.2, -0.15) is 0 Å². The summed E-state index contributed by atoms with van der Waals surface area (Å²) in [5.41, 5.74) is 2.09. The van der Waals surface area contributed by atoms with E-state index in [1.165, 1.54) is 0 Å². The van der Waals surface area contributed by atoms with Gasteiger partial charge in [-0.05, 0) is 25.6 Å². The number of hydrogen-bond donors (Lipinski definition) is 1. The summed E-state index contributed by atoms with van der Waals surface area (Å²) in [6.07, 6.45) is 7.30. The van der Waals surface area contributed by atoms with Gasteiger partial charge in [0.25, 0.3) is 0 Å². The van der Waals surface area contributed by atoms with Gasteiger partial charge in [0.2, 0.25) is 0 Å². The average molecular weight is 216 g/mol. The van der Waals surface area contributed by atoms with Gasteiger partial charge in [0.15, 0.2) is 0 Å². The molecule has 0 radical (unpaired) electrons. The van der Waals surface area contributed by atoms with Crippen molar-refractivity contribution in [2.75, 3.05) is 6.54 Å². The molecule has 0 aliphatic heterocycles. The average Bonchev–Trinajstić information content (AvgIpc) is 2.83. The van der Waals surface area contributed by atoms with Crippen LogP contribution in [0.15, 0.2) is 37.1 Å². The lowest BCUT2D eigenvalue weighted by Gasteiger charge is -2.12. The zero-order chi connectivity index (χ0) is 11.4. The Bertz CT molecular complexity index is 419. The molecular weight excluding hydrogens is 200 g/mol. The number of pyridine rings is 1. The van der Waals surface area contributed by atoms with E-state index in [2.05, 4.69) is 35.2 Å². The first-order chi connectivity index (χ1) is 7.81. The molecule has 0 aliphatic carbocycles. The van der Waals surface area contributed by atoms with E-state index in [0.717, 1.165) is 17.9 Å². The highest BCUT2D eigenvalue weighted by Crippen LogP contribution is 2.11. The van der Waals surface area contributed by atoms with Crippen LogP contribution in [0.2, 0.25) is 0 Å². The predicted molar refractivity (Wildman–Crippen MR) is 63.5 cm³/mol. The highest BCUT2D eigenvalue weighted by molar-refractivity contribution is 5.30. The Hall–Kier alpha value is -1.68. The molecule has 0 saturated heterocycles. The van der Waals surface area contributed by atoms with Gasteiger partial charge in [0.1, 0.15) is 0 Å². The van der Waals surface area contributed by atoms with Crippen molar-refractivity contribution in [3.8, 4) is 5.69 Å². The molecule has 0 bridgehead atoms. The van der Waals surface area contributed by atoms with Gasteiger partial charge in [0, 0.05) is 18.4 Å². The van der Waals surface area contributed by atoms with Crippen LogP contribution in [0.4, 0.5) is 0 Å². The molecule has 0 saturated carbocycles. The van der Waals surface area contributed by atoms with Crippen LogP contribution in [-0.4, -0.2) is 21.1 Å². The van der Waals surface area contributed by atoms with E-state index in [4.69, 9.17) is 0 Å². The van der Waals surface area contributed by atoms with Gasteiger partial charge in [0.05, 0.1) is 23.9 Å². The minimum absolute atomic E-state index is 0.293. The molecule has 4 heteroatoms. The summed E-state index contributed by atoms with van der Waals surface area (Å²) in [5.74, 6) is 0. The summed E-state index contributed by atoms with van der Waals surface area (Å²) in [6, 6.07) is 4.39. The lowest BCUT2D eigenvalue weighted by Crippen LogP contribution is -2.18. The molecule has 0 aliphatic rings. The molecule has 1 unspecified atom stereocenters. The maximum absolute atomic E-state index is 4.44. The topological polar surface area (TPSA) is 42.7 Å². The molecule has 1 N–H and O–H groups in total. The second-order valence-corrected chi connectivity index (χ2v) is 3.69. The summed E-state index contributed by atoms with van der Waals surface area (Å²) < 4.78 is 1.94. The maximum atomic E-state index is 4.44. The number of nitrogens with one attached hydrogen (secondary N) is 1. The third-order valence-electron chi connectivity index (χ3n) is 2.53. The Morgan fingerprint density at radius 1 is 1.44 bits per heavy atom. The highest BCUT2D eigenvalue weighted by Gasteiger charge is 2.04. The first-order valence-corrected chi connectivity index (χ1v) is 5.49. The molecule has 1 atom stereocenters. The zero-order valence-electron chi connectivity index (χ0n) is 9.59. The minimum Gasteiger partial charge on any atom is -0.309 e. The van der Waals surface area contributed by atoms with Crippen molar-refractivity contribution in [3.63, 3.8) is 0 Å². The van der Waals surface area contributed by atoms with Gasteiger partial charge in [-0.1, -0.05) is 6.92 Å². The third kappa shape index (κ3) is 2.28. The molecule has 84 valence electrons. The van der Waals surface area contributed by atoms with Crippen LogP contribution in [0.3, 0.4) is 0 Å². The quantitative estimate of drug-likeness (QED) is 0.849. The van der Waals surface area contributed by atoms with Gasteiger partial charge in [-0.3, -0.25) is 4.98 Å². The van der Waals surface area contributed by atoms with Crippen LogP contribution in [0.1, 0.15) is 25.6 Å². The molecule has 2 aromatic rings. The van der Waals surface area contributed by atoms with E-state index < -0.39 is 0 Å². The molecule has 2 aromatic heterocycles. The van der Waals surface area contributed by atoms with E-state index >= 15 is 0 Å². The van der Waals surface area contributed by atoms with Crippen molar-refractivity contribution in [1.29, 1.82) is 0 Å². The predicted octanol–water partition coefficient (Wildman–Crippen LogP) is 1.94. The summed E-state index contributed by atoms with van der Waals surface area (Å²) >= 11 is 0. The van der Waals surface area contributed by atoms with Gasteiger partial charge >= 0.3 is 0 Å². The monoisotopic (exact) mass is 216 g/mol. The van der Waals surface area contributed by atoms with Crippen LogP contribution < -0.4 is 5.32 Å². The Morgan fingerprint density at radius 3 is 2.88 bits per heavy atom. The fourth-order valence-electron chi connectivity index (χ4n) is 1.63. The summed E-state index contributed by atoms with van der Waals surface area (Å²) in [5, 5.41) is 3.33. The normalized spacial score (nSPS) is 12.6. The Balaban J connectivity index is 2.16. The van der Waals surface area contributed by atoms with Crippen molar-refractivity contribution >= 4 is 0 Å². The SMILES string of the molecule is CCNC(C)c1ccc(-n2ccnc2)cn1. The standard InChI is InChI=1S/C12H16N4/c1-3-14-10(2)12-5-4-11(8-15-12)16-7-6-13-9-16/h4-10,14H,3H2,1-2H3. The van der Waals surface area contributed by atoms with Crippen LogP contribution >= 0.6 is 0 Å². The molecular formula is C12H16N4. The van der Waals surface area contributed by atoms with Crippen molar-refractivity contribution in [1.82, 2.24) is 19.9 Å². The largest absolute Gasteiger partial charge is 0.309 e. The molecule has 0 fully saturated rings. The lowest BCUT2D eigenvalue weighted by molar-refractivity contribution is 0.583. The fourth-order valence-corrected chi connectivity index (χ4v) is 1.63. The van der Waals surface area contributed by atoms with Crippen molar-refractivity contribution in [3.05, 3.63) is 42.7 Å². The summed E-state index contributed by atoms with van der Waals surface area (Å²) in [7, 11) is 0. The number of nitrogens with zero attached hydrogens (tertiary/aromatic N) is 3. The Labute approximate surface area is 95.4 Å². The van der Waals surface area contributed by atoms with E-state index in [1.54, 1.807) is 12.5 Å². The molecule has 0 amide bonds. The van der Waals surface area contributed by atoms with Crippen LogP contribution in [-0.2, 0) is 0 Å². The van der Waals surface area contributed by atoms with E-state index in [1.807, 2.05) is 23.0 Å². The number of rotatable bonds is 4. The third-order valence-corrected chi connectivity index (χ3v) is 2.53. The number of hydrogen-bond acceptors (Lipinski definition) is 3. The molecule has 4 nitrogen and oxygen atoms in total. The Kier molecular flexibility index (Phi) is 3.31. The first-order valence-electron chi connectivity index (χ1n) is 5.49. The summed E-state index contributed by atoms with van der Waals surface area (Å²) in [6.45, 7) is 5.16. The minimum atomic E-state index is 0.293. The maximum Gasteiger partial charge on any atom is 0.0992 e. The van der Waals surface area contributed by atoms with Crippen LogP contribution in [0.5, 0.6) is 0 Å². The van der Waals surface area contributed by atoms with E-state index in [-0.39, 0.29) is 0 Å².